The fourth-order valence-corrected chi connectivity index (χ4v) is 1.90. The molecule has 0 saturated heterocycles. The molecule has 3 rings (SSSR count). The number of halogens is 1. The Morgan fingerprint density at radius 1 is 1.05 bits per heavy atom. The number of hydrogen-bond acceptors (Lipinski definition) is 5. The lowest BCUT2D eigenvalue weighted by Crippen LogP contribution is -1.89. The minimum atomic E-state index is 0.417. The number of rotatable bonds is 2. The van der Waals surface area contributed by atoms with Crippen molar-refractivity contribution in [3.05, 3.63) is 47.1 Å². The minimum Gasteiger partial charge on any atom is -0.384 e. The van der Waals surface area contributed by atoms with Gasteiger partial charge in [-0.1, -0.05) is 21.1 Å². The quantitative estimate of drug-likeness (QED) is 0.785. The number of aromatic nitrogens is 3. The van der Waals surface area contributed by atoms with E-state index in [1.54, 1.807) is 18.3 Å². The van der Waals surface area contributed by atoms with Crippen molar-refractivity contribution < 1.29 is 4.52 Å². The number of nitrogens with two attached hydrogens (primary N) is 1. The molecular formula is C13H9BrN4O. The number of pyridine rings is 1. The highest BCUT2D eigenvalue weighted by molar-refractivity contribution is 9.10. The molecule has 2 aromatic heterocycles. The molecule has 0 aliphatic heterocycles. The van der Waals surface area contributed by atoms with Crippen LogP contribution in [0.5, 0.6) is 0 Å². The van der Waals surface area contributed by atoms with E-state index >= 15 is 0 Å². The van der Waals surface area contributed by atoms with E-state index < -0.39 is 0 Å². The summed E-state index contributed by atoms with van der Waals surface area (Å²) in [5.41, 5.74) is 7.27. The molecule has 0 spiro atoms. The maximum absolute atomic E-state index is 5.62. The van der Waals surface area contributed by atoms with Crippen LogP contribution >= 0.6 is 15.9 Å². The largest absolute Gasteiger partial charge is 0.384 e. The first-order chi connectivity index (χ1) is 9.22. The van der Waals surface area contributed by atoms with Gasteiger partial charge >= 0.3 is 0 Å². The van der Waals surface area contributed by atoms with Crippen LogP contribution in [-0.4, -0.2) is 15.1 Å². The summed E-state index contributed by atoms with van der Waals surface area (Å²) in [7, 11) is 0. The zero-order valence-corrected chi connectivity index (χ0v) is 11.3. The van der Waals surface area contributed by atoms with E-state index in [-0.39, 0.29) is 0 Å². The number of nitrogens with zero attached hydrogens (tertiary/aromatic N) is 3. The van der Waals surface area contributed by atoms with Crippen molar-refractivity contribution >= 4 is 21.7 Å². The Balaban J connectivity index is 1.97. The average molecular weight is 317 g/mol. The lowest BCUT2D eigenvalue weighted by atomic mass is 10.2. The third-order valence-corrected chi connectivity index (χ3v) is 3.09. The van der Waals surface area contributed by atoms with Gasteiger partial charge in [-0.05, 0) is 36.4 Å². The van der Waals surface area contributed by atoms with Gasteiger partial charge in [0.1, 0.15) is 5.82 Å². The standard InChI is InChI=1S/C13H9BrN4O/c14-10-3-1-8(2-4-10)12-17-13(19-18-12)9-5-6-16-11(15)7-9/h1-7H,(H2,15,16). The lowest BCUT2D eigenvalue weighted by molar-refractivity contribution is 0.432. The summed E-state index contributed by atoms with van der Waals surface area (Å²) < 4.78 is 6.24. The van der Waals surface area contributed by atoms with Gasteiger partial charge in [0.15, 0.2) is 0 Å². The Morgan fingerprint density at radius 3 is 2.58 bits per heavy atom. The molecule has 6 heteroatoms. The van der Waals surface area contributed by atoms with E-state index in [1.807, 2.05) is 24.3 Å². The lowest BCUT2D eigenvalue weighted by Gasteiger charge is -1.95. The highest BCUT2D eigenvalue weighted by Crippen LogP contribution is 2.23. The summed E-state index contributed by atoms with van der Waals surface area (Å²) in [6, 6.07) is 11.2. The molecule has 2 N–H and O–H groups in total. The van der Waals surface area contributed by atoms with Crippen molar-refractivity contribution in [1.82, 2.24) is 15.1 Å². The van der Waals surface area contributed by atoms with Gasteiger partial charge in [-0.25, -0.2) is 4.98 Å². The summed E-state index contributed by atoms with van der Waals surface area (Å²) in [6.07, 6.45) is 1.61. The van der Waals surface area contributed by atoms with Crippen molar-refractivity contribution in [3.8, 4) is 22.8 Å². The molecule has 1 aromatic carbocycles. The minimum absolute atomic E-state index is 0.417. The second kappa shape index (κ2) is 4.81. The van der Waals surface area contributed by atoms with Crippen molar-refractivity contribution in [3.63, 3.8) is 0 Å². The van der Waals surface area contributed by atoms with Crippen LogP contribution in [0.15, 0.2) is 51.6 Å². The average Bonchev–Trinajstić information content (AvgIpc) is 2.89. The highest BCUT2D eigenvalue weighted by atomic mass is 79.9. The zero-order chi connectivity index (χ0) is 13.2. The van der Waals surface area contributed by atoms with E-state index in [0.717, 1.165) is 15.6 Å². The monoisotopic (exact) mass is 316 g/mol. The smallest absolute Gasteiger partial charge is 0.258 e. The maximum Gasteiger partial charge on any atom is 0.258 e. The Kier molecular flexibility index (Phi) is 3.00. The van der Waals surface area contributed by atoms with Gasteiger partial charge in [0.05, 0.1) is 0 Å². The van der Waals surface area contributed by atoms with E-state index in [2.05, 4.69) is 31.1 Å². The molecule has 3 aromatic rings. The molecule has 19 heavy (non-hydrogen) atoms. The molecule has 94 valence electrons. The van der Waals surface area contributed by atoms with Crippen LogP contribution in [0.25, 0.3) is 22.8 Å². The fourth-order valence-electron chi connectivity index (χ4n) is 1.64. The van der Waals surface area contributed by atoms with Gasteiger partial charge in [0.2, 0.25) is 5.82 Å². The SMILES string of the molecule is Nc1cc(-c2nc(-c3ccc(Br)cc3)no2)ccn1. The number of nitrogen functional groups attached to an aromatic ring is 1. The molecule has 0 aliphatic carbocycles. The Hall–Kier alpha value is -2.21. The number of benzene rings is 1. The number of anilines is 1. The van der Waals surface area contributed by atoms with Gasteiger partial charge < -0.3 is 10.3 Å². The molecular weight excluding hydrogens is 308 g/mol. The third-order valence-electron chi connectivity index (χ3n) is 2.56. The summed E-state index contributed by atoms with van der Waals surface area (Å²) in [5.74, 6) is 1.38. The van der Waals surface area contributed by atoms with Crippen molar-refractivity contribution in [2.45, 2.75) is 0 Å². The maximum atomic E-state index is 5.62. The van der Waals surface area contributed by atoms with Gasteiger partial charge in [-0.15, -0.1) is 0 Å². The van der Waals surface area contributed by atoms with Crippen molar-refractivity contribution in [2.24, 2.45) is 0 Å². The molecule has 0 fully saturated rings. The van der Waals surface area contributed by atoms with Crippen LogP contribution in [0.2, 0.25) is 0 Å². The number of hydrogen-bond donors (Lipinski definition) is 1. The molecule has 5 nitrogen and oxygen atoms in total. The van der Waals surface area contributed by atoms with E-state index in [0.29, 0.717) is 17.5 Å². The molecule has 0 aliphatic rings. The van der Waals surface area contributed by atoms with Crippen LogP contribution in [-0.2, 0) is 0 Å². The first-order valence-electron chi connectivity index (χ1n) is 5.54. The van der Waals surface area contributed by atoms with Crippen LogP contribution in [0.3, 0.4) is 0 Å². The zero-order valence-electron chi connectivity index (χ0n) is 9.75. The first-order valence-corrected chi connectivity index (χ1v) is 6.33. The van der Waals surface area contributed by atoms with Gasteiger partial charge in [0.25, 0.3) is 5.89 Å². The highest BCUT2D eigenvalue weighted by Gasteiger charge is 2.10. The Labute approximate surface area is 117 Å². The van der Waals surface area contributed by atoms with Crippen LogP contribution in [0.4, 0.5) is 5.82 Å². The summed E-state index contributed by atoms with van der Waals surface area (Å²) in [5, 5.41) is 3.96. The second-order valence-corrected chi connectivity index (χ2v) is 4.82. The van der Waals surface area contributed by atoms with Crippen LogP contribution < -0.4 is 5.73 Å². The molecule has 2 heterocycles. The van der Waals surface area contributed by atoms with Gasteiger partial charge in [-0.3, -0.25) is 0 Å². The summed E-state index contributed by atoms with van der Waals surface area (Å²) in [6.45, 7) is 0. The Morgan fingerprint density at radius 2 is 1.84 bits per heavy atom. The predicted molar refractivity (Wildman–Crippen MR) is 75.1 cm³/mol. The third kappa shape index (κ3) is 2.48. The van der Waals surface area contributed by atoms with Crippen molar-refractivity contribution in [2.75, 3.05) is 5.73 Å². The molecule has 0 amide bonds. The summed E-state index contributed by atoms with van der Waals surface area (Å²) >= 11 is 3.38. The van der Waals surface area contributed by atoms with Crippen molar-refractivity contribution in [1.29, 1.82) is 0 Å². The van der Waals surface area contributed by atoms with E-state index in [4.69, 9.17) is 10.3 Å². The second-order valence-electron chi connectivity index (χ2n) is 3.90. The normalized spacial score (nSPS) is 10.6. The topological polar surface area (TPSA) is 77.8 Å². The van der Waals surface area contributed by atoms with E-state index in [1.165, 1.54) is 0 Å². The van der Waals surface area contributed by atoms with E-state index in [9.17, 15) is 0 Å². The predicted octanol–water partition coefficient (Wildman–Crippen LogP) is 3.14. The Bertz CT molecular complexity index is 709. The fraction of sp³-hybridized carbons (Fsp3) is 0. The summed E-state index contributed by atoms with van der Waals surface area (Å²) in [4.78, 5) is 8.27. The first kappa shape index (κ1) is 11.9. The van der Waals surface area contributed by atoms with Crippen LogP contribution in [0, 0.1) is 0 Å². The molecule has 0 unspecified atom stereocenters. The molecule has 0 radical (unpaired) electrons. The van der Waals surface area contributed by atoms with Crippen LogP contribution in [0.1, 0.15) is 0 Å². The molecule has 0 bridgehead atoms. The van der Waals surface area contributed by atoms with Gasteiger partial charge in [0, 0.05) is 21.8 Å². The molecule has 0 atom stereocenters. The van der Waals surface area contributed by atoms with Gasteiger partial charge in [-0.2, -0.15) is 4.98 Å². The molecule has 0 saturated carbocycles.